The van der Waals surface area contributed by atoms with Gasteiger partial charge in [0.1, 0.15) is 30.3 Å². The number of rotatable bonds is 8. The molecule has 0 heterocycles. The Balaban J connectivity index is 1.36. The summed E-state index contributed by atoms with van der Waals surface area (Å²) in [5.74, 6) is -5.81. The van der Waals surface area contributed by atoms with Crippen molar-refractivity contribution in [2.75, 3.05) is 19.0 Å². The highest BCUT2D eigenvalue weighted by molar-refractivity contribution is 6.32. The highest BCUT2D eigenvalue weighted by Gasteiger charge is 2.64. The van der Waals surface area contributed by atoms with Gasteiger partial charge in [0.05, 0.1) is 11.5 Å². The largest absolute Gasteiger partial charge is 0.492 e. The lowest BCUT2D eigenvalue weighted by Gasteiger charge is -2.48. The van der Waals surface area contributed by atoms with Crippen molar-refractivity contribution in [3.8, 4) is 5.75 Å². The zero-order valence-corrected chi connectivity index (χ0v) is 24.6. The van der Waals surface area contributed by atoms with Crippen molar-refractivity contribution in [3.63, 3.8) is 0 Å². The van der Waals surface area contributed by atoms with Crippen LogP contribution >= 0.6 is 0 Å². The quantitative estimate of drug-likeness (QED) is 0.299. The van der Waals surface area contributed by atoms with Gasteiger partial charge < -0.3 is 25.2 Å². The molecule has 0 saturated heterocycles. The zero-order valence-electron chi connectivity index (χ0n) is 24.6. The SMILES string of the molecule is CN(C)c1ccc(OCc2ccccc2)c2c1C[C@H]1C[C@H]3CC(OCc4ccccc4)=C(C(N)=O)C(=O)[C@@]3(O)C(=O)C1C2=O. The molecular formula is C35H34N2O7. The summed E-state index contributed by atoms with van der Waals surface area (Å²) in [6.07, 6.45) is 0.543. The van der Waals surface area contributed by atoms with Crippen molar-refractivity contribution in [1.29, 1.82) is 0 Å². The molecule has 1 saturated carbocycles. The van der Waals surface area contributed by atoms with Gasteiger partial charge in [-0.3, -0.25) is 19.2 Å². The van der Waals surface area contributed by atoms with Crippen LogP contribution in [0.3, 0.4) is 0 Å². The molecule has 6 rings (SSSR count). The molecule has 9 nitrogen and oxygen atoms in total. The van der Waals surface area contributed by atoms with Crippen LogP contribution in [0.5, 0.6) is 5.75 Å². The van der Waals surface area contributed by atoms with E-state index in [0.717, 1.165) is 22.4 Å². The third-order valence-corrected chi connectivity index (χ3v) is 9.06. The topological polar surface area (TPSA) is 136 Å². The Labute approximate surface area is 255 Å². The predicted octanol–water partition coefficient (Wildman–Crippen LogP) is 3.55. The Morgan fingerprint density at radius 2 is 1.52 bits per heavy atom. The molecule has 3 aliphatic rings. The van der Waals surface area contributed by atoms with Crippen molar-refractivity contribution in [3.05, 3.63) is 106 Å². The fourth-order valence-electron chi connectivity index (χ4n) is 6.94. The molecule has 3 aliphatic carbocycles. The molecule has 0 aromatic heterocycles. The lowest BCUT2D eigenvalue weighted by Crippen LogP contribution is -2.65. The Morgan fingerprint density at radius 1 is 0.909 bits per heavy atom. The molecule has 0 aliphatic heterocycles. The van der Waals surface area contributed by atoms with Gasteiger partial charge >= 0.3 is 0 Å². The van der Waals surface area contributed by atoms with E-state index in [9.17, 15) is 24.3 Å². The second-order valence-electron chi connectivity index (χ2n) is 11.9. The molecule has 226 valence electrons. The Bertz CT molecular complexity index is 1680. The molecule has 0 bridgehead atoms. The van der Waals surface area contributed by atoms with Crippen molar-refractivity contribution >= 4 is 28.9 Å². The maximum absolute atomic E-state index is 14.3. The lowest BCUT2D eigenvalue weighted by atomic mass is 9.55. The number of allylic oxidation sites excluding steroid dienone is 1. The fraction of sp³-hybridized carbons (Fsp3) is 0.314. The first-order chi connectivity index (χ1) is 21.1. The number of fused-ring (bicyclic) bond motifs is 3. The van der Waals surface area contributed by atoms with Gasteiger partial charge in [0.25, 0.3) is 5.91 Å². The number of ketones is 3. The summed E-state index contributed by atoms with van der Waals surface area (Å²) in [4.78, 5) is 56.6. The van der Waals surface area contributed by atoms with E-state index in [-0.39, 0.29) is 37.4 Å². The second kappa shape index (κ2) is 11.4. The van der Waals surface area contributed by atoms with Crippen LogP contribution in [0.4, 0.5) is 5.69 Å². The van der Waals surface area contributed by atoms with Gasteiger partial charge in [-0.1, -0.05) is 60.7 Å². The molecule has 3 aromatic rings. The summed E-state index contributed by atoms with van der Waals surface area (Å²) < 4.78 is 12.1. The van der Waals surface area contributed by atoms with Crippen LogP contribution in [0.1, 0.15) is 39.9 Å². The fourth-order valence-corrected chi connectivity index (χ4v) is 6.94. The maximum Gasteiger partial charge on any atom is 0.255 e. The molecular weight excluding hydrogens is 560 g/mol. The molecule has 1 amide bonds. The third kappa shape index (κ3) is 4.87. The van der Waals surface area contributed by atoms with E-state index in [2.05, 4.69) is 0 Å². The van der Waals surface area contributed by atoms with E-state index in [0.29, 0.717) is 12.2 Å². The first-order valence-corrected chi connectivity index (χ1v) is 14.7. The van der Waals surface area contributed by atoms with Gasteiger partial charge in [0.2, 0.25) is 5.78 Å². The number of nitrogens with two attached hydrogens (primary N) is 1. The zero-order chi connectivity index (χ0) is 31.2. The summed E-state index contributed by atoms with van der Waals surface area (Å²) in [6, 6.07) is 22.3. The van der Waals surface area contributed by atoms with Crippen molar-refractivity contribution in [1.82, 2.24) is 0 Å². The number of aliphatic hydroxyl groups is 1. The van der Waals surface area contributed by atoms with E-state index in [1.165, 1.54) is 0 Å². The number of benzene rings is 3. The number of carbonyl (C=O) groups is 4. The monoisotopic (exact) mass is 594 g/mol. The molecule has 0 spiro atoms. The van der Waals surface area contributed by atoms with Gasteiger partial charge in [0.15, 0.2) is 17.2 Å². The summed E-state index contributed by atoms with van der Waals surface area (Å²) in [7, 11) is 3.77. The van der Waals surface area contributed by atoms with E-state index in [1.807, 2.05) is 85.7 Å². The Kier molecular flexibility index (Phi) is 7.59. The minimum Gasteiger partial charge on any atom is -0.492 e. The molecule has 44 heavy (non-hydrogen) atoms. The number of carbonyl (C=O) groups excluding carboxylic acids is 4. The van der Waals surface area contributed by atoms with Crippen LogP contribution in [-0.4, -0.2) is 48.1 Å². The average Bonchev–Trinajstić information content (AvgIpc) is 3.01. The number of amides is 1. The van der Waals surface area contributed by atoms with E-state index in [1.54, 1.807) is 6.07 Å². The number of hydrogen-bond donors (Lipinski definition) is 2. The number of ether oxygens (including phenoxy) is 2. The lowest BCUT2D eigenvalue weighted by molar-refractivity contribution is -0.166. The normalized spacial score (nSPS) is 24.2. The molecule has 3 aromatic carbocycles. The number of primary amides is 1. The van der Waals surface area contributed by atoms with Crippen LogP contribution in [0.15, 0.2) is 84.1 Å². The van der Waals surface area contributed by atoms with Gasteiger partial charge in [-0.2, -0.15) is 0 Å². The molecule has 0 radical (unpaired) electrons. The van der Waals surface area contributed by atoms with Crippen molar-refractivity contribution < 1.29 is 33.8 Å². The number of hydrogen-bond acceptors (Lipinski definition) is 8. The molecule has 9 heteroatoms. The highest BCUT2D eigenvalue weighted by atomic mass is 16.5. The van der Waals surface area contributed by atoms with Crippen LogP contribution in [0.2, 0.25) is 0 Å². The summed E-state index contributed by atoms with van der Waals surface area (Å²) >= 11 is 0. The van der Waals surface area contributed by atoms with E-state index < -0.39 is 52.2 Å². The number of Topliss-reactive ketones (excluding diaryl/α,β-unsaturated/α-hetero) is 3. The molecule has 3 N–H and O–H groups in total. The van der Waals surface area contributed by atoms with E-state index >= 15 is 0 Å². The van der Waals surface area contributed by atoms with Gasteiger partial charge in [0, 0.05) is 32.1 Å². The predicted molar refractivity (Wildman–Crippen MR) is 162 cm³/mol. The van der Waals surface area contributed by atoms with Crippen molar-refractivity contribution in [2.45, 2.75) is 38.1 Å². The first-order valence-electron chi connectivity index (χ1n) is 14.7. The standard InChI is InChI=1S/C35H34N2O7/c1-37(2)25-13-14-26(43-18-20-9-5-3-6-10-20)29-24(25)16-22-15-23-17-27(44-19-21-11-7-4-8-12-21)30(34(36)41)33(40)35(23,42)32(39)28(22)31(29)38/h3-14,22-23,28,42H,15-19H2,1-2H3,(H2,36,41)/t22-,23+,28?,35+/m1/s1. The second-order valence-corrected chi connectivity index (χ2v) is 11.9. The molecule has 4 atom stereocenters. The molecule has 1 unspecified atom stereocenters. The maximum atomic E-state index is 14.3. The third-order valence-electron chi connectivity index (χ3n) is 9.06. The number of nitrogens with zero attached hydrogens (tertiary/aromatic N) is 1. The van der Waals surface area contributed by atoms with Gasteiger partial charge in [-0.15, -0.1) is 0 Å². The minimum atomic E-state index is -2.57. The summed E-state index contributed by atoms with van der Waals surface area (Å²) in [6.45, 7) is 0.294. The van der Waals surface area contributed by atoms with Crippen LogP contribution in [-0.2, 0) is 38.8 Å². The minimum absolute atomic E-state index is 0.0376. The van der Waals surface area contributed by atoms with Crippen molar-refractivity contribution in [2.24, 2.45) is 23.5 Å². The first kappa shape index (κ1) is 29.3. The Morgan fingerprint density at radius 3 is 2.11 bits per heavy atom. The van der Waals surface area contributed by atoms with Crippen LogP contribution in [0, 0.1) is 17.8 Å². The summed E-state index contributed by atoms with van der Waals surface area (Å²) in [5, 5.41) is 11.8. The average molecular weight is 595 g/mol. The van der Waals surface area contributed by atoms with Crippen LogP contribution < -0.4 is 15.4 Å². The van der Waals surface area contributed by atoms with E-state index in [4.69, 9.17) is 15.2 Å². The Hall–Kier alpha value is -4.76. The van der Waals surface area contributed by atoms with Crippen LogP contribution in [0.25, 0.3) is 0 Å². The highest BCUT2D eigenvalue weighted by Crippen LogP contribution is 2.52. The summed E-state index contributed by atoms with van der Waals surface area (Å²) in [5.41, 5.74) is 6.10. The molecule has 1 fully saturated rings. The van der Waals surface area contributed by atoms with Gasteiger partial charge in [-0.05, 0) is 47.6 Å². The smallest absolute Gasteiger partial charge is 0.255 e. The number of anilines is 1. The van der Waals surface area contributed by atoms with Gasteiger partial charge in [-0.25, -0.2) is 0 Å².